The molecule has 0 aromatic carbocycles. The van der Waals surface area contributed by atoms with Gasteiger partial charge >= 0.3 is 0 Å². The zero-order chi connectivity index (χ0) is 14.2. The Morgan fingerprint density at radius 1 is 1.45 bits per heavy atom. The van der Waals surface area contributed by atoms with Crippen LogP contribution in [0.2, 0.25) is 0 Å². The first-order valence-electron chi connectivity index (χ1n) is 7.24. The fourth-order valence-electron chi connectivity index (χ4n) is 2.65. The van der Waals surface area contributed by atoms with E-state index in [0.717, 1.165) is 44.6 Å². The average molecular weight is 280 g/mol. The van der Waals surface area contributed by atoms with Crippen LogP contribution in [0.1, 0.15) is 24.8 Å². The van der Waals surface area contributed by atoms with Gasteiger partial charge in [0.05, 0.1) is 7.11 Å². The molecule has 0 spiro atoms. The predicted molar refractivity (Wildman–Crippen MR) is 76.7 cm³/mol. The van der Waals surface area contributed by atoms with Crippen LogP contribution in [0.25, 0.3) is 0 Å². The van der Waals surface area contributed by atoms with Crippen LogP contribution in [0.15, 0.2) is 18.3 Å². The van der Waals surface area contributed by atoms with Crippen molar-refractivity contribution in [2.45, 2.75) is 31.8 Å². The first-order chi connectivity index (χ1) is 9.83. The molecule has 2 N–H and O–H groups in total. The number of nitrogens with one attached hydrogen (secondary N) is 1. The van der Waals surface area contributed by atoms with Gasteiger partial charge in [0.15, 0.2) is 0 Å². The number of aliphatic hydroxyl groups excluding tert-OH is 1. The molecule has 2 heterocycles. The summed E-state index contributed by atoms with van der Waals surface area (Å²) in [6, 6.07) is 4.22. The molecule has 0 unspecified atom stereocenters. The van der Waals surface area contributed by atoms with Crippen LogP contribution >= 0.6 is 0 Å². The van der Waals surface area contributed by atoms with E-state index >= 15 is 0 Å². The van der Waals surface area contributed by atoms with Gasteiger partial charge in [0, 0.05) is 44.7 Å². The molecule has 1 aromatic rings. The van der Waals surface area contributed by atoms with Crippen molar-refractivity contribution in [3.05, 3.63) is 23.9 Å². The lowest BCUT2D eigenvalue weighted by Gasteiger charge is -2.30. The first-order valence-corrected chi connectivity index (χ1v) is 7.24. The molecule has 0 saturated carbocycles. The van der Waals surface area contributed by atoms with E-state index < -0.39 is 0 Å². The second kappa shape index (κ2) is 8.19. The van der Waals surface area contributed by atoms with Crippen molar-refractivity contribution in [3.63, 3.8) is 0 Å². The van der Waals surface area contributed by atoms with Crippen LogP contribution in [0.5, 0.6) is 5.88 Å². The van der Waals surface area contributed by atoms with Gasteiger partial charge in [0.25, 0.3) is 0 Å². The second-order valence-electron chi connectivity index (χ2n) is 5.16. The topological polar surface area (TPSA) is 63.6 Å². The molecule has 5 nitrogen and oxygen atoms in total. The van der Waals surface area contributed by atoms with E-state index in [-0.39, 0.29) is 6.61 Å². The monoisotopic (exact) mass is 280 g/mol. The van der Waals surface area contributed by atoms with Crippen LogP contribution in [-0.4, -0.2) is 43.1 Å². The molecule has 5 heteroatoms. The van der Waals surface area contributed by atoms with Crippen molar-refractivity contribution in [1.29, 1.82) is 0 Å². The molecule has 0 aliphatic carbocycles. The summed E-state index contributed by atoms with van der Waals surface area (Å²) in [5, 5.41) is 12.8. The van der Waals surface area contributed by atoms with Crippen molar-refractivity contribution < 1.29 is 14.6 Å². The number of pyridine rings is 1. The number of nitrogens with zero attached hydrogens (tertiary/aromatic N) is 1. The summed E-state index contributed by atoms with van der Waals surface area (Å²) in [7, 11) is 1.61. The van der Waals surface area contributed by atoms with E-state index in [1.807, 2.05) is 18.3 Å². The van der Waals surface area contributed by atoms with E-state index in [4.69, 9.17) is 9.47 Å². The van der Waals surface area contributed by atoms with Crippen molar-refractivity contribution in [3.8, 4) is 5.88 Å². The number of methoxy groups -OCH3 is 1. The van der Waals surface area contributed by atoms with Crippen molar-refractivity contribution in [2.24, 2.45) is 5.92 Å². The van der Waals surface area contributed by atoms with E-state index in [0.29, 0.717) is 17.8 Å². The van der Waals surface area contributed by atoms with Gasteiger partial charge < -0.3 is 19.9 Å². The maximum Gasteiger partial charge on any atom is 0.212 e. The quantitative estimate of drug-likeness (QED) is 0.789. The molecule has 1 atom stereocenters. The highest BCUT2D eigenvalue weighted by atomic mass is 16.5. The molecular weight excluding hydrogens is 256 g/mol. The zero-order valence-electron chi connectivity index (χ0n) is 12.0. The van der Waals surface area contributed by atoms with E-state index in [1.165, 1.54) is 0 Å². The van der Waals surface area contributed by atoms with Gasteiger partial charge in [-0.2, -0.15) is 0 Å². The van der Waals surface area contributed by atoms with Gasteiger partial charge in [-0.05, 0) is 30.7 Å². The fraction of sp³-hybridized carbons (Fsp3) is 0.667. The third-order valence-electron chi connectivity index (χ3n) is 3.85. The number of ether oxygens (including phenoxy) is 2. The summed E-state index contributed by atoms with van der Waals surface area (Å²) >= 11 is 0. The highest BCUT2D eigenvalue weighted by molar-refractivity contribution is 5.17. The molecular formula is C15H24N2O3. The normalized spacial score (nSPS) is 17.9. The maximum atomic E-state index is 9.23. The largest absolute Gasteiger partial charge is 0.481 e. The fourth-order valence-corrected chi connectivity index (χ4v) is 2.65. The van der Waals surface area contributed by atoms with E-state index in [9.17, 15) is 5.11 Å². The summed E-state index contributed by atoms with van der Waals surface area (Å²) in [5.74, 6) is 1.21. The molecule has 1 aliphatic rings. The van der Waals surface area contributed by atoms with Crippen LogP contribution in [0, 0.1) is 5.92 Å². The molecule has 2 rings (SSSR count). The predicted octanol–water partition coefficient (Wildman–Crippen LogP) is 1.36. The Morgan fingerprint density at radius 3 is 2.85 bits per heavy atom. The van der Waals surface area contributed by atoms with Crippen LogP contribution in [-0.2, 0) is 11.3 Å². The lowest BCUT2D eigenvalue weighted by atomic mass is 9.90. The van der Waals surface area contributed by atoms with Crippen molar-refractivity contribution in [1.82, 2.24) is 10.3 Å². The molecule has 1 saturated heterocycles. The average Bonchev–Trinajstić information content (AvgIpc) is 2.53. The molecule has 1 fully saturated rings. The Kier molecular flexibility index (Phi) is 6.24. The number of aliphatic hydroxyl groups is 1. The number of hydrogen-bond donors (Lipinski definition) is 2. The molecule has 1 aliphatic heterocycles. The van der Waals surface area contributed by atoms with E-state index in [1.54, 1.807) is 7.11 Å². The summed E-state index contributed by atoms with van der Waals surface area (Å²) < 4.78 is 10.5. The second-order valence-corrected chi connectivity index (χ2v) is 5.16. The zero-order valence-corrected chi connectivity index (χ0v) is 12.0. The highest BCUT2D eigenvalue weighted by Crippen LogP contribution is 2.21. The number of hydrogen-bond acceptors (Lipinski definition) is 5. The molecule has 0 bridgehead atoms. The van der Waals surface area contributed by atoms with Gasteiger partial charge in [-0.15, -0.1) is 0 Å². The summed E-state index contributed by atoms with van der Waals surface area (Å²) in [4.78, 5) is 4.20. The molecule has 0 radical (unpaired) electrons. The van der Waals surface area contributed by atoms with Crippen molar-refractivity contribution in [2.75, 3.05) is 26.9 Å². The molecule has 20 heavy (non-hydrogen) atoms. The number of rotatable bonds is 7. The SMILES string of the molecule is COc1ccc(CN[C@H](CCO)C2CCOCC2)cn1. The van der Waals surface area contributed by atoms with E-state index in [2.05, 4.69) is 10.3 Å². The highest BCUT2D eigenvalue weighted by Gasteiger charge is 2.23. The lowest BCUT2D eigenvalue weighted by Crippen LogP contribution is -2.39. The van der Waals surface area contributed by atoms with Gasteiger partial charge in [-0.1, -0.05) is 6.07 Å². The Morgan fingerprint density at radius 2 is 2.25 bits per heavy atom. The van der Waals surface area contributed by atoms with Crippen LogP contribution in [0.4, 0.5) is 0 Å². The Bertz CT molecular complexity index is 377. The standard InChI is InChI=1S/C15H24N2O3/c1-19-15-3-2-12(11-17-15)10-16-14(4-7-18)13-5-8-20-9-6-13/h2-3,11,13-14,16,18H,4-10H2,1H3/t14-/m1/s1. The Balaban J connectivity index is 1.86. The lowest BCUT2D eigenvalue weighted by molar-refractivity contribution is 0.0496. The Hall–Kier alpha value is -1.17. The third-order valence-corrected chi connectivity index (χ3v) is 3.85. The number of aromatic nitrogens is 1. The third kappa shape index (κ3) is 4.44. The minimum atomic E-state index is 0.218. The summed E-state index contributed by atoms with van der Waals surface area (Å²) in [6.45, 7) is 2.64. The minimum Gasteiger partial charge on any atom is -0.481 e. The first kappa shape index (κ1) is 15.2. The molecule has 0 amide bonds. The maximum absolute atomic E-state index is 9.23. The Labute approximate surface area is 120 Å². The summed E-state index contributed by atoms with van der Waals surface area (Å²) in [6.07, 6.45) is 4.75. The molecule has 1 aromatic heterocycles. The van der Waals surface area contributed by atoms with Gasteiger partial charge in [0.1, 0.15) is 0 Å². The smallest absolute Gasteiger partial charge is 0.212 e. The minimum absolute atomic E-state index is 0.218. The van der Waals surface area contributed by atoms with Crippen LogP contribution < -0.4 is 10.1 Å². The van der Waals surface area contributed by atoms with Gasteiger partial charge in [-0.25, -0.2) is 4.98 Å². The summed E-state index contributed by atoms with van der Waals surface area (Å²) in [5.41, 5.74) is 1.13. The molecule has 112 valence electrons. The van der Waals surface area contributed by atoms with Gasteiger partial charge in [0.2, 0.25) is 5.88 Å². The van der Waals surface area contributed by atoms with Gasteiger partial charge in [-0.3, -0.25) is 0 Å². The van der Waals surface area contributed by atoms with Crippen LogP contribution in [0.3, 0.4) is 0 Å². The van der Waals surface area contributed by atoms with Crippen molar-refractivity contribution >= 4 is 0 Å².